The number of hydrogen-bond donors (Lipinski definition) is 2. The second kappa shape index (κ2) is 8.76. The van der Waals surface area contributed by atoms with Gasteiger partial charge < -0.3 is 10.6 Å². The third kappa shape index (κ3) is 5.25. The Hall–Kier alpha value is -3.47. The number of anilines is 2. The number of aryl methyl sites for hydroxylation is 1. The Morgan fingerprint density at radius 1 is 1.11 bits per heavy atom. The quantitative estimate of drug-likeness (QED) is 0.628. The van der Waals surface area contributed by atoms with Gasteiger partial charge in [0, 0.05) is 24.8 Å². The van der Waals surface area contributed by atoms with Gasteiger partial charge in [-0.05, 0) is 41.8 Å². The van der Waals surface area contributed by atoms with Crippen molar-refractivity contribution < 1.29 is 4.79 Å². The molecular formula is C22H22N4O. The standard InChI is InChI=1S/C22H22N4O/c1-3-21(27)23-15-18-9-7-8-17(12-18)13-20-16(2)14-24-22(26-20)25-19-10-5-4-6-11-19/h3-12,14H,1,13,15H2,2H3,(H,23,27)(H,24,25,26). The van der Waals surface area contributed by atoms with Crippen LogP contribution in [0.4, 0.5) is 11.6 Å². The maximum absolute atomic E-state index is 11.3. The molecule has 0 atom stereocenters. The number of carbonyl (C=O) groups is 1. The Bertz CT molecular complexity index is 938. The zero-order valence-electron chi connectivity index (χ0n) is 15.3. The molecule has 1 amide bonds. The highest BCUT2D eigenvalue weighted by Crippen LogP contribution is 2.17. The second-order valence-electron chi connectivity index (χ2n) is 6.23. The Balaban J connectivity index is 1.74. The van der Waals surface area contributed by atoms with Gasteiger partial charge in [-0.1, -0.05) is 49.0 Å². The van der Waals surface area contributed by atoms with Crippen LogP contribution in [0.1, 0.15) is 22.4 Å². The zero-order chi connectivity index (χ0) is 19.1. The van der Waals surface area contributed by atoms with Gasteiger partial charge in [-0.3, -0.25) is 4.79 Å². The van der Waals surface area contributed by atoms with Gasteiger partial charge in [-0.2, -0.15) is 0 Å². The number of nitrogens with zero attached hydrogens (tertiary/aromatic N) is 2. The van der Waals surface area contributed by atoms with E-state index in [-0.39, 0.29) is 5.91 Å². The second-order valence-corrected chi connectivity index (χ2v) is 6.23. The lowest BCUT2D eigenvalue weighted by Crippen LogP contribution is -2.19. The van der Waals surface area contributed by atoms with E-state index in [4.69, 9.17) is 0 Å². The SMILES string of the molecule is C=CC(=O)NCc1cccc(Cc2nc(Nc3ccccc3)ncc2C)c1. The van der Waals surface area contributed by atoms with E-state index in [1.54, 1.807) is 0 Å². The summed E-state index contributed by atoms with van der Waals surface area (Å²) in [6.45, 7) is 5.95. The molecule has 2 N–H and O–H groups in total. The van der Waals surface area contributed by atoms with Crippen molar-refractivity contribution in [3.63, 3.8) is 0 Å². The van der Waals surface area contributed by atoms with Crippen LogP contribution < -0.4 is 10.6 Å². The molecule has 136 valence electrons. The largest absolute Gasteiger partial charge is 0.348 e. The normalized spacial score (nSPS) is 10.3. The summed E-state index contributed by atoms with van der Waals surface area (Å²) in [5.74, 6) is 0.403. The van der Waals surface area contributed by atoms with Crippen molar-refractivity contribution in [1.29, 1.82) is 0 Å². The van der Waals surface area contributed by atoms with Crippen LogP contribution in [-0.2, 0) is 17.8 Å². The van der Waals surface area contributed by atoms with Gasteiger partial charge in [-0.25, -0.2) is 9.97 Å². The number of carbonyl (C=O) groups excluding carboxylic acids is 1. The molecule has 0 aliphatic carbocycles. The monoisotopic (exact) mass is 358 g/mol. The van der Waals surface area contributed by atoms with E-state index in [0.29, 0.717) is 18.9 Å². The fourth-order valence-corrected chi connectivity index (χ4v) is 2.67. The molecule has 0 saturated heterocycles. The number of nitrogens with one attached hydrogen (secondary N) is 2. The van der Waals surface area contributed by atoms with Gasteiger partial charge in [0.25, 0.3) is 0 Å². The Kier molecular flexibility index (Phi) is 5.94. The van der Waals surface area contributed by atoms with Crippen LogP contribution in [0.15, 0.2) is 73.4 Å². The van der Waals surface area contributed by atoms with Crippen LogP contribution in [0.25, 0.3) is 0 Å². The topological polar surface area (TPSA) is 66.9 Å². The van der Waals surface area contributed by atoms with E-state index in [9.17, 15) is 4.79 Å². The first-order valence-corrected chi connectivity index (χ1v) is 8.77. The number of rotatable bonds is 7. The molecule has 0 saturated carbocycles. The molecule has 0 fully saturated rings. The van der Waals surface area contributed by atoms with Crippen molar-refractivity contribution in [2.75, 3.05) is 5.32 Å². The Labute approximate surface area is 159 Å². The summed E-state index contributed by atoms with van der Waals surface area (Å²) >= 11 is 0. The molecule has 5 nitrogen and oxygen atoms in total. The van der Waals surface area contributed by atoms with Crippen molar-refractivity contribution in [3.05, 3.63) is 95.8 Å². The number of para-hydroxylation sites is 1. The Morgan fingerprint density at radius 2 is 1.89 bits per heavy atom. The highest BCUT2D eigenvalue weighted by molar-refractivity contribution is 5.86. The van der Waals surface area contributed by atoms with Crippen LogP contribution in [0.5, 0.6) is 0 Å². The summed E-state index contributed by atoms with van der Waals surface area (Å²) in [6.07, 6.45) is 3.80. The molecule has 3 rings (SSSR count). The van der Waals surface area contributed by atoms with E-state index in [1.165, 1.54) is 6.08 Å². The van der Waals surface area contributed by atoms with Gasteiger partial charge >= 0.3 is 0 Å². The molecule has 3 aromatic rings. The number of hydrogen-bond acceptors (Lipinski definition) is 4. The molecule has 0 aliphatic heterocycles. The molecule has 0 spiro atoms. The van der Waals surface area contributed by atoms with Gasteiger partial charge in [0.05, 0.1) is 5.69 Å². The molecule has 0 radical (unpaired) electrons. The number of aromatic nitrogens is 2. The third-order valence-electron chi connectivity index (χ3n) is 4.12. The first-order chi connectivity index (χ1) is 13.1. The Morgan fingerprint density at radius 3 is 2.67 bits per heavy atom. The molecular weight excluding hydrogens is 336 g/mol. The highest BCUT2D eigenvalue weighted by atomic mass is 16.1. The van der Waals surface area contributed by atoms with Crippen LogP contribution >= 0.6 is 0 Å². The first-order valence-electron chi connectivity index (χ1n) is 8.77. The maximum atomic E-state index is 11.3. The molecule has 1 aromatic heterocycles. The summed E-state index contributed by atoms with van der Waals surface area (Å²) in [5, 5.41) is 6.02. The average molecular weight is 358 g/mol. The van der Waals surface area contributed by atoms with Crippen LogP contribution in [-0.4, -0.2) is 15.9 Å². The number of amides is 1. The minimum Gasteiger partial charge on any atom is -0.348 e. The van der Waals surface area contributed by atoms with E-state index in [1.807, 2.05) is 55.6 Å². The molecule has 0 unspecified atom stereocenters. The van der Waals surface area contributed by atoms with Gasteiger partial charge in [0.2, 0.25) is 11.9 Å². The summed E-state index contributed by atoms with van der Waals surface area (Å²) in [7, 11) is 0. The lowest BCUT2D eigenvalue weighted by molar-refractivity contribution is -0.116. The van der Waals surface area contributed by atoms with Crippen molar-refractivity contribution in [3.8, 4) is 0 Å². The predicted octanol–water partition coefficient (Wildman–Crippen LogP) is 3.92. The zero-order valence-corrected chi connectivity index (χ0v) is 15.3. The van der Waals surface area contributed by atoms with Crippen LogP contribution in [0.2, 0.25) is 0 Å². The molecule has 27 heavy (non-hydrogen) atoms. The van der Waals surface area contributed by atoms with E-state index in [2.05, 4.69) is 39.3 Å². The summed E-state index contributed by atoms with van der Waals surface area (Å²) in [4.78, 5) is 20.4. The molecule has 2 aromatic carbocycles. The fraction of sp³-hybridized carbons (Fsp3) is 0.136. The van der Waals surface area contributed by atoms with Gasteiger partial charge in [-0.15, -0.1) is 0 Å². The third-order valence-corrected chi connectivity index (χ3v) is 4.12. The lowest BCUT2D eigenvalue weighted by Gasteiger charge is -2.10. The molecule has 1 heterocycles. The van der Waals surface area contributed by atoms with Gasteiger partial charge in [0.1, 0.15) is 0 Å². The molecule has 0 bridgehead atoms. The predicted molar refractivity (Wildman–Crippen MR) is 108 cm³/mol. The maximum Gasteiger partial charge on any atom is 0.243 e. The minimum absolute atomic E-state index is 0.177. The van der Waals surface area contributed by atoms with Crippen LogP contribution in [0, 0.1) is 6.92 Å². The summed E-state index contributed by atoms with van der Waals surface area (Å²) in [5.41, 5.74) is 5.13. The smallest absolute Gasteiger partial charge is 0.243 e. The highest BCUT2D eigenvalue weighted by Gasteiger charge is 2.07. The van der Waals surface area contributed by atoms with Crippen LogP contribution in [0.3, 0.4) is 0 Å². The summed E-state index contributed by atoms with van der Waals surface area (Å²) in [6, 6.07) is 18.0. The number of benzene rings is 2. The molecule has 5 heteroatoms. The van der Waals surface area contributed by atoms with E-state index in [0.717, 1.165) is 28.1 Å². The average Bonchev–Trinajstić information content (AvgIpc) is 2.70. The summed E-state index contributed by atoms with van der Waals surface area (Å²) < 4.78 is 0. The fourth-order valence-electron chi connectivity index (χ4n) is 2.67. The minimum atomic E-state index is -0.177. The van der Waals surface area contributed by atoms with E-state index < -0.39 is 0 Å². The molecule has 0 aliphatic rings. The van der Waals surface area contributed by atoms with Gasteiger partial charge in [0.15, 0.2) is 0 Å². The van der Waals surface area contributed by atoms with Crippen molar-refractivity contribution >= 4 is 17.5 Å². The first kappa shape index (κ1) is 18.3. The van der Waals surface area contributed by atoms with E-state index >= 15 is 0 Å². The van der Waals surface area contributed by atoms with Crippen molar-refractivity contribution in [1.82, 2.24) is 15.3 Å². The van der Waals surface area contributed by atoms with Crippen molar-refractivity contribution in [2.45, 2.75) is 19.9 Å². The van der Waals surface area contributed by atoms with Crippen molar-refractivity contribution in [2.24, 2.45) is 0 Å². The lowest BCUT2D eigenvalue weighted by atomic mass is 10.0.